The molecule has 4 heteroatoms. The van der Waals surface area contributed by atoms with Gasteiger partial charge in [0.25, 0.3) is 0 Å². The van der Waals surface area contributed by atoms with Crippen LogP contribution in [0.4, 0.5) is 0 Å². The van der Waals surface area contributed by atoms with Gasteiger partial charge in [0.2, 0.25) is 0 Å². The number of allylic oxidation sites excluding steroid dienone is 3. The van der Waals surface area contributed by atoms with Gasteiger partial charge in [0.1, 0.15) is 5.78 Å². The van der Waals surface area contributed by atoms with Crippen LogP contribution in [0, 0.1) is 17.8 Å². The third kappa shape index (κ3) is 7.06. The van der Waals surface area contributed by atoms with Gasteiger partial charge in [-0.1, -0.05) is 50.0 Å². The zero-order valence-corrected chi connectivity index (χ0v) is 15.8. The monoisotopic (exact) mass is 362 g/mol. The Labute approximate surface area is 157 Å². The zero-order valence-electron chi connectivity index (χ0n) is 15.8. The van der Waals surface area contributed by atoms with Crippen LogP contribution < -0.4 is 0 Å². The number of carbonyl (C=O) groups excluding carboxylic acids is 1. The van der Waals surface area contributed by atoms with Gasteiger partial charge in [0, 0.05) is 18.8 Å². The molecule has 146 valence electrons. The Hall–Kier alpha value is -1.42. The van der Waals surface area contributed by atoms with E-state index in [2.05, 4.69) is 6.08 Å². The van der Waals surface area contributed by atoms with Crippen molar-refractivity contribution < 1.29 is 19.8 Å². The lowest BCUT2D eigenvalue weighted by Crippen LogP contribution is -2.18. The first-order valence-electron chi connectivity index (χ1n) is 10.3. The van der Waals surface area contributed by atoms with E-state index in [0.29, 0.717) is 24.5 Å². The first-order valence-corrected chi connectivity index (χ1v) is 10.3. The van der Waals surface area contributed by atoms with Crippen LogP contribution in [0.15, 0.2) is 24.3 Å². The van der Waals surface area contributed by atoms with Gasteiger partial charge in [-0.3, -0.25) is 9.59 Å². The second kappa shape index (κ2) is 11.3. The second-order valence-electron chi connectivity index (χ2n) is 7.88. The van der Waals surface area contributed by atoms with E-state index < -0.39 is 5.97 Å². The first kappa shape index (κ1) is 20.9. The topological polar surface area (TPSA) is 74.6 Å². The molecule has 0 radical (unpaired) electrons. The molecule has 0 amide bonds. The number of hydrogen-bond acceptors (Lipinski definition) is 3. The van der Waals surface area contributed by atoms with Crippen LogP contribution in [-0.4, -0.2) is 28.1 Å². The lowest BCUT2D eigenvalue weighted by Gasteiger charge is -2.19. The van der Waals surface area contributed by atoms with Gasteiger partial charge in [-0.2, -0.15) is 0 Å². The quantitative estimate of drug-likeness (QED) is 0.462. The number of aliphatic hydroxyl groups excluding tert-OH is 1. The van der Waals surface area contributed by atoms with Gasteiger partial charge in [-0.25, -0.2) is 0 Å². The predicted molar refractivity (Wildman–Crippen MR) is 103 cm³/mol. The van der Waals surface area contributed by atoms with Crippen molar-refractivity contribution in [3.63, 3.8) is 0 Å². The molecule has 0 aromatic carbocycles. The number of aliphatic hydroxyl groups is 1. The van der Waals surface area contributed by atoms with Crippen molar-refractivity contribution in [1.29, 1.82) is 0 Å². The van der Waals surface area contributed by atoms with E-state index in [1.807, 2.05) is 18.2 Å². The molecule has 2 saturated carbocycles. The number of rotatable bonds is 9. The minimum Gasteiger partial charge on any atom is -0.481 e. The highest BCUT2D eigenvalue weighted by Gasteiger charge is 2.32. The summed E-state index contributed by atoms with van der Waals surface area (Å²) < 4.78 is 0. The molecule has 0 aromatic heterocycles. The second-order valence-corrected chi connectivity index (χ2v) is 7.88. The van der Waals surface area contributed by atoms with Crippen LogP contribution in [-0.2, 0) is 9.59 Å². The normalized spacial score (nSPS) is 26.6. The number of aliphatic carboxylic acids is 1. The van der Waals surface area contributed by atoms with Crippen LogP contribution in [0.3, 0.4) is 0 Å². The van der Waals surface area contributed by atoms with E-state index >= 15 is 0 Å². The fourth-order valence-electron chi connectivity index (χ4n) is 4.32. The van der Waals surface area contributed by atoms with E-state index in [9.17, 15) is 14.7 Å². The number of ketones is 1. The van der Waals surface area contributed by atoms with Gasteiger partial charge in [-0.05, 0) is 50.4 Å². The van der Waals surface area contributed by atoms with Gasteiger partial charge in [0.15, 0.2) is 0 Å². The Kier molecular flexibility index (Phi) is 9.10. The summed E-state index contributed by atoms with van der Waals surface area (Å²) in [6.45, 7) is 0. The molecule has 3 atom stereocenters. The molecule has 2 rings (SSSR count). The smallest absolute Gasteiger partial charge is 0.303 e. The third-order valence-corrected chi connectivity index (χ3v) is 5.93. The lowest BCUT2D eigenvalue weighted by atomic mass is 9.88. The maximum Gasteiger partial charge on any atom is 0.303 e. The van der Waals surface area contributed by atoms with Crippen molar-refractivity contribution in [3.8, 4) is 0 Å². The molecule has 0 aliphatic heterocycles. The van der Waals surface area contributed by atoms with Crippen molar-refractivity contribution in [2.75, 3.05) is 0 Å². The average Bonchev–Trinajstić information content (AvgIpc) is 2.81. The maximum absolute atomic E-state index is 12.2. The Morgan fingerprint density at radius 2 is 1.77 bits per heavy atom. The van der Waals surface area contributed by atoms with Gasteiger partial charge >= 0.3 is 5.97 Å². The van der Waals surface area contributed by atoms with E-state index in [0.717, 1.165) is 32.1 Å². The molecule has 0 saturated heterocycles. The number of carboxylic acid groups (broad SMARTS) is 1. The predicted octanol–water partition coefficient (Wildman–Crippen LogP) is 4.67. The Morgan fingerprint density at radius 3 is 2.46 bits per heavy atom. The fraction of sp³-hybridized carbons (Fsp3) is 0.727. The summed E-state index contributed by atoms with van der Waals surface area (Å²) in [5, 5.41) is 19.1. The average molecular weight is 363 g/mol. The highest BCUT2D eigenvalue weighted by atomic mass is 16.4. The van der Waals surface area contributed by atoms with Crippen molar-refractivity contribution in [1.82, 2.24) is 0 Å². The van der Waals surface area contributed by atoms with Crippen molar-refractivity contribution in [2.45, 2.75) is 83.2 Å². The van der Waals surface area contributed by atoms with Gasteiger partial charge < -0.3 is 10.2 Å². The van der Waals surface area contributed by atoms with Crippen LogP contribution in [0.2, 0.25) is 0 Å². The third-order valence-electron chi connectivity index (χ3n) is 5.93. The molecule has 4 nitrogen and oxygen atoms in total. The van der Waals surface area contributed by atoms with Gasteiger partial charge in [-0.15, -0.1) is 0 Å². The number of carboxylic acids is 1. The molecule has 0 spiro atoms. The standard InChI is InChI=1S/C22H34O4/c23-20(18-9-5-1-2-6-10-18)15-13-17-14-16-21(24)19(17)11-7-3-4-8-12-22(25)26/h3-4,13,15,17-20,23H,1-2,5-12,14,16H2,(H,25,26). The number of hydrogen-bond donors (Lipinski definition) is 2. The SMILES string of the molecule is O=C(O)CCC=CCCC1C(=O)CCC1C=CC(O)C1CCCCCC1. The molecule has 2 aliphatic carbocycles. The molecule has 0 bridgehead atoms. The fourth-order valence-corrected chi connectivity index (χ4v) is 4.32. The summed E-state index contributed by atoms with van der Waals surface area (Å²) in [6, 6.07) is 0. The highest BCUT2D eigenvalue weighted by Crippen LogP contribution is 2.34. The number of carbonyl (C=O) groups is 2. The van der Waals surface area contributed by atoms with Crippen molar-refractivity contribution in [2.24, 2.45) is 17.8 Å². The van der Waals surface area contributed by atoms with Crippen LogP contribution in [0.25, 0.3) is 0 Å². The minimum atomic E-state index is -0.780. The summed E-state index contributed by atoms with van der Waals surface area (Å²) in [5.74, 6) is 0.231. The number of Topliss-reactive ketones (excluding diaryl/α,β-unsaturated/α-hetero) is 1. The highest BCUT2D eigenvalue weighted by molar-refractivity contribution is 5.83. The van der Waals surface area contributed by atoms with E-state index in [4.69, 9.17) is 5.11 Å². The van der Waals surface area contributed by atoms with Gasteiger partial charge in [0.05, 0.1) is 6.10 Å². The summed E-state index contributed by atoms with van der Waals surface area (Å²) in [6.07, 6.45) is 18.7. The largest absolute Gasteiger partial charge is 0.481 e. The maximum atomic E-state index is 12.2. The molecule has 3 unspecified atom stereocenters. The summed E-state index contributed by atoms with van der Waals surface area (Å²) in [4.78, 5) is 22.7. The molecular weight excluding hydrogens is 328 g/mol. The Balaban J connectivity index is 1.79. The summed E-state index contributed by atoms with van der Waals surface area (Å²) >= 11 is 0. The molecule has 2 aliphatic rings. The summed E-state index contributed by atoms with van der Waals surface area (Å²) in [5.41, 5.74) is 0. The van der Waals surface area contributed by atoms with Crippen LogP contribution in [0.5, 0.6) is 0 Å². The van der Waals surface area contributed by atoms with E-state index in [1.165, 1.54) is 25.7 Å². The zero-order chi connectivity index (χ0) is 18.8. The molecule has 26 heavy (non-hydrogen) atoms. The van der Waals surface area contributed by atoms with E-state index in [-0.39, 0.29) is 24.4 Å². The lowest BCUT2D eigenvalue weighted by molar-refractivity contribution is -0.136. The van der Waals surface area contributed by atoms with Crippen LogP contribution in [0.1, 0.15) is 77.0 Å². The van der Waals surface area contributed by atoms with Crippen molar-refractivity contribution in [3.05, 3.63) is 24.3 Å². The van der Waals surface area contributed by atoms with Crippen LogP contribution >= 0.6 is 0 Å². The van der Waals surface area contributed by atoms with Crippen molar-refractivity contribution >= 4 is 11.8 Å². The molecule has 0 heterocycles. The summed E-state index contributed by atoms with van der Waals surface area (Å²) in [7, 11) is 0. The molecule has 2 fully saturated rings. The Bertz CT molecular complexity index is 500. The minimum absolute atomic E-state index is 0.0525. The van der Waals surface area contributed by atoms with E-state index in [1.54, 1.807) is 0 Å². The molecule has 0 aromatic rings. The molecule has 2 N–H and O–H groups in total. The molecular formula is C22H34O4. The first-order chi connectivity index (χ1) is 12.6. The Morgan fingerprint density at radius 1 is 1.08 bits per heavy atom.